The molecule has 0 radical (unpaired) electrons. The monoisotopic (exact) mass is 732 g/mol. The molecule has 6 rings (SSSR count). The zero-order valence-corrected chi connectivity index (χ0v) is 35.3. The van der Waals surface area contributed by atoms with Gasteiger partial charge in [0.1, 0.15) is 0 Å². The highest BCUT2D eigenvalue weighted by molar-refractivity contribution is 5.84. The van der Waals surface area contributed by atoms with E-state index in [1.54, 1.807) is 11.1 Å². The van der Waals surface area contributed by atoms with Gasteiger partial charge in [-0.1, -0.05) is 204 Å². The molecule has 0 amide bonds. The van der Waals surface area contributed by atoms with E-state index in [4.69, 9.17) is 4.98 Å². The summed E-state index contributed by atoms with van der Waals surface area (Å²) in [6.07, 6.45) is 24.3. The van der Waals surface area contributed by atoms with Gasteiger partial charge in [0.15, 0.2) is 0 Å². The topological polar surface area (TPSA) is 12.9 Å². The van der Waals surface area contributed by atoms with Gasteiger partial charge in [-0.3, -0.25) is 4.98 Å². The molecule has 0 bridgehead atoms. The lowest BCUT2D eigenvalue weighted by Crippen LogP contribution is -2.26. The second-order valence-corrected chi connectivity index (χ2v) is 17.7. The molecule has 0 spiro atoms. The van der Waals surface area contributed by atoms with E-state index in [1.165, 1.54) is 154 Å². The largest absolute Gasteiger partial charge is 0.256 e. The Morgan fingerprint density at radius 2 is 1.02 bits per heavy atom. The van der Waals surface area contributed by atoms with E-state index in [-0.39, 0.29) is 10.8 Å². The van der Waals surface area contributed by atoms with Gasteiger partial charge in [0, 0.05) is 22.7 Å². The van der Waals surface area contributed by atoms with E-state index in [0.29, 0.717) is 0 Å². The van der Waals surface area contributed by atoms with Crippen molar-refractivity contribution in [2.75, 3.05) is 0 Å². The quantitative estimate of drug-likeness (QED) is 0.0726. The van der Waals surface area contributed by atoms with Gasteiger partial charge in [0.2, 0.25) is 0 Å². The van der Waals surface area contributed by atoms with Crippen molar-refractivity contribution < 1.29 is 0 Å². The molecule has 290 valence electrons. The third-order valence-electron chi connectivity index (χ3n) is 12.5. The number of rotatable bonds is 20. The number of fused-ring (bicyclic) bond motifs is 3. The van der Waals surface area contributed by atoms with Gasteiger partial charge >= 0.3 is 0 Å². The summed E-state index contributed by atoms with van der Waals surface area (Å²) >= 11 is 0. The number of pyridine rings is 1. The van der Waals surface area contributed by atoms with Crippen LogP contribution in [0.15, 0.2) is 103 Å². The smallest absolute Gasteiger partial charge is 0.0702 e. The number of aryl methyl sites for hydroxylation is 1. The molecule has 55 heavy (non-hydrogen) atoms. The Hall–Kier alpha value is -3.97. The molecule has 1 aliphatic rings. The van der Waals surface area contributed by atoms with Crippen LogP contribution < -0.4 is 0 Å². The Morgan fingerprint density at radius 1 is 0.473 bits per heavy atom. The molecule has 5 aromatic rings. The van der Waals surface area contributed by atoms with Crippen molar-refractivity contribution in [3.8, 4) is 44.6 Å². The molecule has 4 aromatic carbocycles. The number of benzene rings is 4. The molecule has 0 atom stereocenters. The first-order valence-electron chi connectivity index (χ1n) is 22.2. The van der Waals surface area contributed by atoms with Gasteiger partial charge in [0.05, 0.1) is 5.69 Å². The van der Waals surface area contributed by atoms with Gasteiger partial charge in [-0.2, -0.15) is 0 Å². The maximum Gasteiger partial charge on any atom is 0.0702 e. The van der Waals surface area contributed by atoms with Gasteiger partial charge < -0.3 is 0 Å². The van der Waals surface area contributed by atoms with Crippen LogP contribution in [0, 0.1) is 0 Å². The number of unbranched alkanes of at least 4 members (excludes halogenated alkanes) is 11. The van der Waals surface area contributed by atoms with Crippen molar-refractivity contribution >= 4 is 0 Å². The normalized spacial score (nSPS) is 13.2. The van der Waals surface area contributed by atoms with Crippen molar-refractivity contribution in [3.05, 3.63) is 126 Å². The summed E-state index contributed by atoms with van der Waals surface area (Å²) < 4.78 is 0. The molecule has 0 saturated heterocycles. The fourth-order valence-corrected chi connectivity index (χ4v) is 9.09. The summed E-state index contributed by atoms with van der Waals surface area (Å²) in [5, 5.41) is 0. The van der Waals surface area contributed by atoms with Crippen LogP contribution in [0.5, 0.6) is 0 Å². The fraction of sp³-hybridized carbons (Fsp3) is 0.463. The maximum absolute atomic E-state index is 5.15. The van der Waals surface area contributed by atoms with Crippen LogP contribution in [-0.4, -0.2) is 4.98 Å². The molecule has 1 nitrogen and oxygen atoms in total. The molecular weight excluding hydrogens is 663 g/mol. The molecule has 1 heteroatoms. The predicted octanol–water partition coefficient (Wildman–Crippen LogP) is 16.5. The van der Waals surface area contributed by atoms with Crippen LogP contribution >= 0.6 is 0 Å². The van der Waals surface area contributed by atoms with E-state index >= 15 is 0 Å². The Kier molecular flexibility index (Phi) is 14.2. The van der Waals surface area contributed by atoms with Crippen molar-refractivity contribution in [2.24, 2.45) is 0 Å². The molecule has 1 heterocycles. The van der Waals surface area contributed by atoms with E-state index in [0.717, 1.165) is 11.3 Å². The zero-order valence-electron chi connectivity index (χ0n) is 35.3. The van der Waals surface area contributed by atoms with Gasteiger partial charge in [-0.25, -0.2) is 0 Å². The number of hydrogen-bond donors (Lipinski definition) is 0. The molecule has 0 aliphatic heterocycles. The highest BCUT2D eigenvalue weighted by Gasteiger charge is 2.42. The fourth-order valence-electron chi connectivity index (χ4n) is 9.09. The average molecular weight is 732 g/mol. The van der Waals surface area contributed by atoms with Crippen molar-refractivity contribution in [1.82, 2.24) is 4.98 Å². The van der Waals surface area contributed by atoms with Gasteiger partial charge in [0.25, 0.3) is 0 Å². The molecule has 0 fully saturated rings. The van der Waals surface area contributed by atoms with Crippen molar-refractivity contribution in [1.29, 1.82) is 0 Å². The summed E-state index contributed by atoms with van der Waals surface area (Å²) in [5.74, 6) is 0. The molecule has 1 aliphatic carbocycles. The van der Waals surface area contributed by atoms with Crippen LogP contribution in [0.3, 0.4) is 0 Å². The Balaban J connectivity index is 1.32. The number of hydrogen-bond acceptors (Lipinski definition) is 1. The lowest BCUT2D eigenvalue weighted by atomic mass is 9.70. The summed E-state index contributed by atoms with van der Waals surface area (Å²) in [5.41, 5.74) is 16.4. The minimum atomic E-state index is 0.0725. The van der Waals surface area contributed by atoms with E-state index in [9.17, 15) is 0 Å². The average Bonchev–Trinajstić information content (AvgIpc) is 3.47. The lowest BCUT2D eigenvalue weighted by molar-refractivity contribution is 0.397. The summed E-state index contributed by atoms with van der Waals surface area (Å²) in [4.78, 5) is 5.15. The minimum Gasteiger partial charge on any atom is -0.256 e. The van der Waals surface area contributed by atoms with E-state index < -0.39 is 0 Å². The summed E-state index contributed by atoms with van der Waals surface area (Å²) in [7, 11) is 0. The third-order valence-corrected chi connectivity index (χ3v) is 12.5. The van der Waals surface area contributed by atoms with Crippen LogP contribution in [0.2, 0.25) is 0 Å². The highest BCUT2D eigenvalue weighted by atomic mass is 14.7. The second-order valence-electron chi connectivity index (χ2n) is 17.7. The lowest BCUT2D eigenvalue weighted by Gasteiger charge is -2.33. The number of nitrogens with zero attached hydrogens (tertiary/aromatic N) is 1. The van der Waals surface area contributed by atoms with Crippen LogP contribution in [0.1, 0.15) is 167 Å². The molecule has 0 unspecified atom stereocenters. The standard InChI is InChI=1S/C54H69N/c1-7-10-13-15-17-19-34-54(35-20-18-16-14-11-8-2)50-36-41(23-12-9-3)28-31-48(50)49-32-29-45(39-51(49)54)52-33-30-46(40-55-52)43-25-21-24-42(37-43)44-26-22-27-47(38-44)53(4,5)6/h21-22,24-33,36-40H,7-20,23,34-35H2,1-6H3. The third kappa shape index (κ3) is 9.89. The zero-order chi connectivity index (χ0) is 38.7. The van der Waals surface area contributed by atoms with Gasteiger partial charge in [-0.15, -0.1) is 0 Å². The van der Waals surface area contributed by atoms with E-state index in [1.807, 2.05) is 0 Å². The first kappa shape index (κ1) is 40.7. The van der Waals surface area contributed by atoms with Crippen molar-refractivity contribution in [3.63, 3.8) is 0 Å². The molecular formula is C54H69N. The number of aromatic nitrogens is 1. The summed E-state index contributed by atoms with van der Waals surface area (Å²) in [6, 6.07) is 37.3. The minimum absolute atomic E-state index is 0.0725. The Bertz CT molecular complexity index is 1940. The van der Waals surface area contributed by atoms with Crippen molar-refractivity contribution in [2.45, 2.75) is 162 Å². The van der Waals surface area contributed by atoms with Crippen LogP contribution in [0.25, 0.3) is 44.6 Å². The first-order chi connectivity index (χ1) is 26.8. The Labute approximate surface area is 335 Å². The van der Waals surface area contributed by atoms with E-state index in [2.05, 4.69) is 145 Å². The Morgan fingerprint density at radius 3 is 1.64 bits per heavy atom. The first-order valence-corrected chi connectivity index (χ1v) is 22.2. The maximum atomic E-state index is 5.15. The predicted molar refractivity (Wildman–Crippen MR) is 240 cm³/mol. The highest BCUT2D eigenvalue weighted by Crippen LogP contribution is 2.55. The summed E-state index contributed by atoms with van der Waals surface area (Å²) in [6.45, 7) is 13.8. The SMILES string of the molecule is CCCCCCCCC1(CCCCCCCC)c2cc(CCCC)ccc2-c2ccc(-c3ccc(-c4cccc(-c5cccc(C(C)(C)C)c5)c4)cn3)cc21. The molecule has 0 saturated carbocycles. The molecule has 0 N–H and O–H groups in total. The van der Waals surface area contributed by atoms with Crippen LogP contribution in [0.4, 0.5) is 0 Å². The van der Waals surface area contributed by atoms with Gasteiger partial charge in [-0.05, 0) is 99.4 Å². The molecule has 1 aromatic heterocycles. The van der Waals surface area contributed by atoms with Crippen LogP contribution in [-0.2, 0) is 17.3 Å². The second kappa shape index (κ2) is 19.3.